The van der Waals surface area contributed by atoms with Crippen LogP contribution >= 0.6 is 0 Å². The first-order valence-corrected chi connectivity index (χ1v) is 4.76. The highest BCUT2D eigenvalue weighted by Crippen LogP contribution is 2.05. The largest absolute Gasteiger partial charge is 0.396 e. The highest BCUT2D eigenvalue weighted by molar-refractivity contribution is 5.30. The molecule has 0 radical (unpaired) electrons. The van der Waals surface area contributed by atoms with Gasteiger partial charge in [-0.1, -0.05) is 12.1 Å². The summed E-state index contributed by atoms with van der Waals surface area (Å²) in [4.78, 5) is 0. The number of benzene rings is 1. The van der Waals surface area contributed by atoms with Gasteiger partial charge in [0.25, 0.3) is 0 Å². The second-order valence-electron chi connectivity index (χ2n) is 3.41. The summed E-state index contributed by atoms with van der Waals surface area (Å²) in [5, 5.41) is 4.07. The lowest BCUT2D eigenvalue weighted by Gasteiger charge is -2.01. The van der Waals surface area contributed by atoms with Crippen molar-refractivity contribution < 1.29 is 4.39 Å². The van der Waals surface area contributed by atoms with Crippen molar-refractivity contribution in [3.63, 3.8) is 0 Å². The molecule has 1 heterocycles. The number of halogens is 1. The predicted octanol–water partition coefficient (Wildman–Crippen LogP) is 1.85. The number of aromatic nitrogens is 2. The fourth-order valence-electron chi connectivity index (χ4n) is 1.40. The third-order valence-electron chi connectivity index (χ3n) is 2.20. The van der Waals surface area contributed by atoms with Crippen LogP contribution in [-0.4, -0.2) is 9.78 Å². The maximum atomic E-state index is 12.6. The highest BCUT2D eigenvalue weighted by Gasteiger charge is 1.97. The van der Waals surface area contributed by atoms with Gasteiger partial charge in [0.2, 0.25) is 0 Å². The Morgan fingerprint density at radius 2 is 2.00 bits per heavy atom. The second-order valence-corrected chi connectivity index (χ2v) is 3.41. The zero-order valence-electron chi connectivity index (χ0n) is 8.23. The Kier molecular flexibility index (Phi) is 2.67. The van der Waals surface area contributed by atoms with Crippen molar-refractivity contribution in [3.8, 4) is 0 Å². The van der Waals surface area contributed by atoms with Crippen molar-refractivity contribution in [1.29, 1.82) is 0 Å². The molecule has 78 valence electrons. The molecule has 4 heteroatoms. The molecule has 0 aliphatic carbocycles. The fourth-order valence-corrected chi connectivity index (χ4v) is 1.40. The topological polar surface area (TPSA) is 43.8 Å². The summed E-state index contributed by atoms with van der Waals surface area (Å²) in [6.45, 7) is 0.753. The van der Waals surface area contributed by atoms with Crippen LogP contribution in [-0.2, 0) is 13.0 Å². The molecule has 0 spiro atoms. The summed E-state index contributed by atoms with van der Waals surface area (Å²) < 4.78 is 14.4. The van der Waals surface area contributed by atoms with Crippen molar-refractivity contribution >= 4 is 5.69 Å². The predicted molar refractivity (Wildman–Crippen MR) is 56.7 cm³/mol. The van der Waals surface area contributed by atoms with Crippen LogP contribution in [0.2, 0.25) is 0 Å². The Balaban J connectivity index is 1.96. The smallest absolute Gasteiger partial charge is 0.123 e. The fraction of sp³-hybridized carbons (Fsp3) is 0.182. The van der Waals surface area contributed by atoms with E-state index in [1.165, 1.54) is 12.1 Å². The summed E-state index contributed by atoms with van der Waals surface area (Å²) in [6, 6.07) is 6.49. The first-order chi connectivity index (χ1) is 7.24. The Morgan fingerprint density at radius 3 is 2.60 bits per heavy atom. The number of hydrogen-bond acceptors (Lipinski definition) is 2. The van der Waals surface area contributed by atoms with Crippen molar-refractivity contribution in [3.05, 3.63) is 48.0 Å². The van der Waals surface area contributed by atoms with Gasteiger partial charge in [-0.15, -0.1) is 0 Å². The van der Waals surface area contributed by atoms with Gasteiger partial charge < -0.3 is 5.73 Å². The molecule has 0 aliphatic heterocycles. The molecule has 1 aromatic carbocycles. The number of anilines is 1. The van der Waals surface area contributed by atoms with Gasteiger partial charge in [0.1, 0.15) is 5.82 Å². The summed E-state index contributed by atoms with van der Waals surface area (Å²) >= 11 is 0. The van der Waals surface area contributed by atoms with E-state index in [4.69, 9.17) is 5.73 Å². The Hall–Kier alpha value is -1.84. The maximum Gasteiger partial charge on any atom is 0.123 e. The number of hydrogen-bond donors (Lipinski definition) is 1. The summed E-state index contributed by atoms with van der Waals surface area (Å²) in [5.41, 5.74) is 7.28. The van der Waals surface area contributed by atoms with Gasteiger partial charge in [-0.3, -0.25) is 4.68 Å². The number of rotatable bonds is 3. The van der Waals surface area contributed by atoms with E-state index in [-0.39, 0.29) is 5.82 Å². The normalized spacial score (nSPS) is 10.5. The average molecular weight is 205 g/mol. The second kappa shape index (κ2) is 4.13. The van der Waals surface area contributed by atoms with E-state index >= 15 is 0 Å². The lowest BCUT2D eigenvalue weighted by Crippen LogP contribution is -2.01. The standard InChI is InChI=1S/C11H12FN3/c12-10-3-1-9(2-4-10)5-6-15-8-11(13)7-14-15/h1-4,7-8H,5-6,13H2. The van der Waals surface area contributed by atoms with Gasteiger partial charge >= 0.3 is 0 Å². The van der Waals surface area contributed by atoms with E-state index in [1.54, 1.807) is 29.2 Å². The van der Waals surface area contributed by atoms with E-state index in [2.05, 4.69) is 5.10 Å². The molecule has 2 rings (SSSR count). The van der Waals surface area contributed by atoms with Gasteiger partial charge in [0.15, 0.2) is 0 Å². The van der Waals surface area contributed by atoms with Gasteiger partial charge in [-0.05, 0) is 24.1 Å². The van der Waals surface area contributed by atoms with E-state index < -0.39 is 0 Å². The molecule has 2 N–H and O–H groups in total. The van der Waals surface area contributed by atoms with Crippen molar-refractivity contribution in [2.75, 3.05) is 5.73 Å². The molecule has 0 saturated carbocycles. The average Bonchev–Trinajstić information content (AvgIpc) is 2.64. The highest BCUT2D eigenvalue weighted by atomic mass is 19.1. The van der Waals surface area contributed by atoms with Crippen LogP contribution in [0.25, 0.3) is 0 Å². The van der Waals surface area contributed by atoms with E-state index in [0.29, 0.717) is 5.69 Å². The minimum atomic E-state index is -0.206. The van der Waals surface area contributed by atoms with Crippen molar-refractivity contribution in [2.24, 2.45) is 0 Å². The van der Waals surface area contributed by atoms with Gasteiger partial charge in [-0.2, -0.15) is 5.10 Å². The Labute approximate surface area is 87.3 Å². The molecule has 3 nitrogen and oxygen atoms in total. The van der Waals surface area contributed by atoms with Gasteiger partial charge in [-0.25, -0.2) is 4.39 Å². The third kappa shape index (κ3) is 2.56. The van der Waals surface area contributed by atoms with E-state index in [1.807, 2.05) is 0 Å². The molecule has 0 saturated heterocycles. The number of nitrogens with two attached hydrogens (primary N) is 1. The van der Waals surface area contributed by atoms with Crippen molar-refractivity contribution in [1.82, 2.24) is 9.78 Å². The molecular formula is C11H12FN3. The van der Waals surface area contributed by atoms with E-state index in [0.717, 1.165) is 18.5 Å². The SMILES string of the molecule is Nc1cnn(CCc2ccc(F)cc2)c1. The Morgan fingerprint density at radius 1 is 1.27 bits per heavy atom. The molecule has 0 aliphatic rings. The molecule has 0 fully saturated rings. The van der Waals surface area contributed by atoms with Crippen LogP contribution in [0.3, 0.4) is 0 Å². The molecule has 15 heavy (non-hydrogen) atoms. The molecule has 0 unspecified atom stereocenters. The number of nitrogens with zero attached hydrogens (tertiary/aromatic N) is 2. The molecule has 2 aromatic rings. The van der Waals surface area contributed by atoms with Crippen LogP contribution in [0.4, 0.5) is 10.1 Å². The maximum absolute atomic E-state index is 12.6. The molecular weight excluding hydrogens is 193 g/mol. The minimum absolute atomic E-state index is 0.206. The van der Waals surface area contributed by atoms with Crippen LogP contribution in [0.15, 0.2) is 36.7 Å². The number of nitrogen functional groups attached to an aromatic ring is 1. The zero-order valence-corrected chi connectivity index (χ0v) is 8.23. The third-order valence-corrected chi connectivity index (χ3v) is 2.20. The monoisotopic (exact) mass is 205 g/mol. The minimum Gasteiger partial charge on any atom is -0.396 e. The zero-order chi connectivity index (χ0) is 10.7. The number of aryl methyl sites for hydroxylation is 2. The van der Waals surface area contributed by atoms with Crippen LogP contribution < -0.4 is 5.73 Å². The van der Waals surface area contributed by atoms with Crippen LogP contribution in [0.1, 0.15) is 5.56 Å². The van der Waals surface area contributed by atoms with Crippen LogP contribution in [0.5, 0.6) is 0 Å². The van der Waals surface area contributed by atoms with Gasteiger partial charge in [0.05, 0.1) is 11.9 Å². The Bertz CT molecular complexity index is 433. The molecule has 1 aromatic heterocycles. The summed E-state index contributed by atoms with van der Waals surface area (Å²) in [7, 11) is 0. The van der Waals surface area contributed by atoms with Crippen LogP contribution in [0, 0.1) is 5.82 Å². The molecule has 0 amide bonds. The van der Waals surface area contributed by atoms with Crippen molar-refractivity contribution in [2.45, 2.75) is 13.0 Å². The lowest BCUT2D eigenvalue weighted by atomic mass is 10.1. The quantitative estimate of drug-likeness (QED) is 0.831. The molecule has 0 atom stereocenters. The summed E-state index contributed by atoms with van der Waals surface area (Å²) in [6.07, 6.45) is 4.22. The van der Waals surface area contributed by atoms with E-state index in [9.17, 15) is 4.39 Å². The molecule has 0 bridgehead atoms. The first-order valence-electron chi connectivity index (χ1n) is 4.76. The lowest BCUT2D eigenvalue weighted by molar-refractivity contribution is 0.609. The first kappa shape index (κ1) is 9.71. The van der Waals surface area contributed by atoms with Gasteiger partial charge in [0, 0.05) is 12.7 Å². The summed E-state index contributed by atoms with van der Waals surface area (Å²) in [5.74, 6) is -0.206.